The number of carbonyl (C=O) groups is 2. The van der Waals surface area contributed by atoms with Crippen LogP contribution in [0.1, 0.15) is 12.8 Å². The predicted octanol–water partition coefficient (Wildman–Crippen LogP) is 0.702. The van der Waals surface area contributed by atoms with Crippen molar-refractivity contribution in [1.29, 1.82) is 0 Å². The van der Waals surface area contributed by atoms with Crippen molar-refractivity contribution in [2.24, 2.45) is 0 Å². The van der Waals surface area contributed by atoms with E-state index in [1.165, 1.54) is 23.3 Å². The SMILES string of the molecule is CN1C(=O)CCC(Nc2nccs2)C1=O. The van der Waals surface area contributed by atoms with E-state index in [-0.39, 0.29) is 17.9 Å². The topological polar surface area (TPSA) is 62.3 Å². The van der Waals surface area contributed by atoms with Crippen molar-refractivity contribution in [3.8, 4) is 0 Å². The number of hydrogen-bond acceptors (Lipinski definition) is 5. The molecule has 1 fully saturated rings. The Kier molecular flexibility index (Phi) is 2.68. The zero-order valence-electron chi connectivity index (χ0n) is 8.27. The average molecular weight is 225 g/mol. The molecule has 0 aliphatic carbocycles. The fraction of sp³-hybridized carbons (Fsp3) is 0.444. The van der Waals surface area contributed by atoms with Gasteiger partial charge in [0, 0.05) is 25.0 Å². The van der Waals surface area contributed by atoms with Crippen LogP contribution in [0, 0.1) is 0 Å². The molecule has 0 saturated carbocycles. The Morgan fingerprint density at radius 3 is 3.07 bits per heavy atom. The van der Waals surface area contributed by atoms with Crippen molar-refractivity contribution in [1.82, 2.24) is 9.88 Å². The summed E-state index contributed by atoms with van der Waals surface area (Å²) in [7, 11) is 1.51. The van der Waals surface area contributed by atoms with Crippen LogP contribution >= 0.6 is 11.3 Å². The van der Waals surface area contributed by atoms with E-state index in [9.17, 15) is 9.59 Å². The van der Waals surface area contributed by atoms with E-state index in [1.807, 2.05) is 5.38 Å². The minimum atomic E-state index is -0.321. The first-order valence-electron chi connectivity index (χ1n) is 4.65. The summed E-state index contributed by atoms with van der Waals surface area (Å²) in [6.07, 6.45) is 2.63. The number of anilines is 1. The van der Waals surface area contributed by atoms with Crippen LogP contribution in [0.25, 0.3) is 0 Å². The van der Waals surface area contributed by atoms with Crippen molar-refractivity contribution in [3.05, 3.63) is 11.6 Å². The van der Waals surface area contributed by atoms with Crippen molar-refractivity contribution in [2.75, 3.05) is 12.4 Å². The molecule has 1 aromatic heterocycles. The van der Waals surface area contributed by atoms with Gasteiger partial charge in [0.15, 0.2) is 5.13 Å². The highest BCUT2D eigenvalue weighted by atomic mass is 32.1. The number of imide groups is 1. The van der Waals surface area contributed by atoms with Crippen molar-refractivity contribution < 1.29 is 9.59 Å². The molecule has 2 heterocycles. The molecular formula is C9H11N3O2S. The van der Waals surface area contributed by atoms with Gasteiger partial charge in [-0.05, 0) is 6.42 Å². The Labute approximate surface area is 91.1 Å². The van der Waals surface area contributed by atoms with Gasteiger partial charge in [0.2, 0.25) is 5.91 Å². The first-order chi connectivity index (χ1) is 7.18. The molecule has 1 N–H and O–H groups in total. The number of piperidine rings is 1. The van der Waals surface area contributed by atoms with Gasteiger partial charge in [0.25, 0.3) is 5.91 Å². The Morgan fingerprint density at radius 2 is 2.40 bits per heavy atom. The van der Waals surface area contributed by atoms with Crippen LogP contribution in [-0.4, -0.2) is 34.8 Å². The van der Waals surface area contributed by atoms with Crippen LogP contribution in [0.15, 0.2) is 11.6 Å². The zero-order chi connectivity index (χ0) is 10.8. The number of likely N-dealkylation sites (tertiary alicyclic amines) is 1. The third-order valence-electron chi connectivity index (χ3n) is 2.38. The van der Waals surface area contributed by atoms with E-state index in [0.717, 1.165) is 5.13 Å². The maximum Gasteiger partial charge on any atom is 0.251 e. The number of likely N-dealkylation sites (N-methyl/N-ethyl adjacent to an activating group) is 1. The fourth-order valence-corrected chi connectivity index (χ4v) is 2.08. The molecule has 6 heteroatoms. The Bertz CT molecular complexity index is 377. The number of thiazole rings is 1. The number of hydrogen-bond donors (Lipinski definition) is 1. The summed E-state index contributed by atoms with van der Waals surface area (Å²) < 4.78 is 0. The number of nitrogens with zero attached hydrogens (tertiary/aromatic N) is 2. The van der Waals surface area contributed by atoms with Crippen molar-refractivity contribution in [2.45, 2.75) is 18.9 Å². The smallest absolute Gasteiger partial charge is 0.251 e. The zero-order valence-corrected chi connectivity index (χ0v) is 9.08. The predicted molar refractivity (Wildman–Crippen MR) is 56.5 cm³/mol. The van der Waals surface area contributed by atoms with E-state index >= 15 is 0 Å². The van der Waals surface area contributed by atoms with Crippen LogP contribution < -0.4 is 5.32 Å². The second-order valence-electron chi connectivity index (χ2n) is 3.36. The highest BCUT2D eigenvalue weighted by molar-refractivity contribution is 7.13. The Morgan fingerprint density at radius 1 is 1.60 bits per heavy atom. The number of rotatable bonds is 2. The summed E-state index contributed by atoms with van der Waals surface area (Å²) in [6.45, 7) is 0. The molecule has 15 heavy (non-hydrogen) atoms. The number of aromatic nitrogens is 1. The molecule has 80 valence electrons. The molecule has 1 aliphatic heterocycles. The third kappa shape index (κ3) is 1.99. The van der Waals surface area contributed by atoms with E-state index < -0.39 is 0 Å². The normalized spacial score (nSPS) is 21.9. The van der Waals surface area contributed by atoms with Crippen LogP contribution in [0.2, 0.25) is 0 Å². The van der Waals surface area contributed by atoms with Gasteiger partial charge < -0.3 is 5.32 Å². The van der Waals surface area contributed by atoms with Crippen molar-refractivity contribution in [3.63, 3.8) is 0 Å². The first-order valence-corrected chi connectivity index (χ1v) is 5.53. The molecule has 1 atom stereocenters. The molecule has 0 aromatic carbocycles. The standard InChI is InChI=1S/C9H11N3O2S/c1-12-7(13)3-2-6(8(12)14)11-9-10-4-5-15-9/h4-6H,2-3H2,1H3,(H,10,11). The molecule has 2 rings (SSSR count). The highest BCUT2D eigenvalue weighted by Crippen LogP contribution is 2.18. The molecule has 5 nitrogen and oxygen atoms in total. The van der Waals surface area contributed by atoms with E-state index in [4.69, 9.17) is 0 Å². The minimum absolute atomic E-state index is 0.114. The van der Waals surface area contributed by atoms with Gasteiger partial charge >= 0.3 is 0 Å². The summed E-state index contributed by atoms with van der Waals surface area (Å²) in [5.74, 6) is -0.293. The summed E-state index contributed by atoms with van der Waals surface area (Å²) in [5.41, 5.74) is 0. The quantitative estimate of drug-likeness (QED) is 0.753. The maximum atomic E-state index is 11.7. The summed E-state index contributed by atoms with van der Waals surface area (Å²) in [6, 6.07) is -0.321. The largest absolute Gasteiger partial charge is 0.350 e. The molecule has 0 bridgehead atoms. The molecule has 1 saturated heterocycles. The lowest BCUT2D eigenvalue weighted by atomic mass is 10.1. The monoisotopic (exact) mass is 225 g/mol. The molecule has 1 aliphatic rings. The van der Waals surface area contributed by atoms with Crippen LogP contribution in [0.3, 0.4) is 0 Å². The van der Waals surface area contributed by atoms with E-state index in [1.54, 1.807) is 6.20 Å². The molecule has 0 radical (unpaired) electrons. The molecule has 2 amide bonds. The Hall–Kier alpha value is -1.43. The lowest BCUT2D eigenvalue weighted by molar-refractivity contribution is -0.146. The molecular weight excluding hydrogens is 214 g/mol. The number of amides is 2. The van der Waals surface area contributed by atoms with Gasteiger partial charge in [-0.15, -0.1) is 11.3 Å². The first kappa shape index (κ1) is 10.1. The summed E-state index contributed by atoms with van der Waals surface area (Å²) in [5, 5.41) is 5.58. The number of nitrogens with one attached hydrogen (secondary N) is 1. The maximum absolute atomic E-state index is 11.7. The van der Waals surface area contributed by atoms with E-state index in [2.05, 4.69) is 10.3 Å². The summed E-state index contributed by atoms with van der Waals surface area (Å²) >= 11 is 1.44. The number of carbonyl (C=O) groups excluding carboxylic acids is 2. The lowest BCUT2D eigenvalue weighted by Crippen LogP contribution is -2.48. The van der Waals surface area contributed by atoms with Gasteiger partial charge in [0.05, 0.1) is 0 Å². The second-order valence-corrected chi connectivity index (χ2v) is 4.26. The molecule has 1 unspecified atom stereocenters. The van der Waals surface area contributed by atoms with Crippen LogP contribution in [-0.2, 0) is 9.59 Å². The highest BCUT2D eigenvalue weighted by Gasteiger charge is 2.31. The third-order valence-corrected chi connectivity index (χ3v) is 3.08. The minimum Gasteiger partial charge on any atom is -0.350 e. The van der Waals surface area contributed by atoms with Gasteiger partial charge in [-0.1, -0.05) is 0 Å². The van der Waals surface area contributed by atoms with Gasteiger partial charge in [-0.25, -0.2) is 4.98 Å². The lowest BCUT2D eigenvalue weighted by Gasteiger charge is -2.27. The van der Waals surface area contributed by atoms with Gasteiger partial charge in [-0.3, -0.25) is 14.5 Å². The second kappa shape index (κ2) is 3.98. The summed E-state index contributed by atoms with van der Waals surface area (Å²) in [4.78, 5) is 28.1. The van der Waals surface area contributed by atoms with Crippen molar-refractivity contribution >= 4 is 28.3 Å². The van der Waals surface area contributed by atoms with Gasteiger partial charge in [-0.2, -0.15) is 0 Å². The average Bonchev–Trinajstić information content (AvgIpc) is 2.72. The molecule has 0 spiro atoms. The van der Waals surface area contributed by atoms with Crippen LogP contribution in [0.5, 0.6) is 0 Å². The van der Waals surface area contributed by atoms with Crippen LogP contribution in [0.4, 0.5) is 5.13 Å². The fourth-order valence-electron chi connectivity index (χ4n) is 1.49. The van der Waals surface area contributed by atoms with E-state index in [0.29, 0.717) is 12.8 Å². The Balaban J connectivity index is 2.05. The molecule has 1 aromatic rings. The van der Waals surface area contributed by atoms with Gasteiger partial charge in [0.1, 0.15) is 6.04 Å².